The van der Waals surface area contributed by atoms with Crippen molar-refractivity contribution in [1.29, 1.82) is 0 Å². The molecule has 6 nitrogen and oxygen atoms in total. The van der Waals surface area contributed by atoms with Crippen molar-refractivity contribution in [2.45, 2.75) is 20.0 Å². The van der Waals surface area contributed by atoms with Crippen LogP contribution in [0, 0.1) is 6.92 Å². The number of piperazine rings is 1. The number of aromatic nitrogens is 3. The highest BCUT2D eigenvalue weighted by molar-refractivity contribution is 5.92. The number of anilines is 1. The van der Waals surface area contributed by atoms with Crippen molar-refractivity contribution in [1.82, 2.24) is 19.4 Å². The Labute approximate surface area is 212 Å². The Bertz CT molecular complexity index is 1280. The van der Waals surface area contributed by atoms with Gasteiger partial charge >= 0.3 is 0 Å². The van der Waals surface area contributed by atoms with Crippen LogP contribution in [0.1, 0.15) is 17.0 Å². The van der Waals surface area contributed by atoms with Gasteiger partial charge in [-0.2, -0.15) is 0 Å². The van der Waals surface area contributed by atoms with Crippen LogP contribution in [-0.2, 0) is 13.0 Å². The van der Waals surface area contributed by atoms with E-state index in [1.165, 1.54) is 16.6 Å². The zero-order chi connectivity index (χ0) is 21.5. The van der Waals surface area contributed by atoms with E-state index >= 15 is 0 Å². The zero-order valence-corrected chi connectivity index (χ0v) is 20.8. The summed E-state index contributed by atoms with van der Waals surface area (Å²) in [5, 5.41) is 1.25. The summed E-state index contributed by atoms with van der Waals surface area (Å²) >= 11 is 0. The number of hydrogen-bond acceptors (Lipinski definition) is 5. The van der Waals surface area contributed by atoms with E-state index in [1.807, 2.05) is 19.4 Å². The van der Waals surface area contributed by atoms with Gasteiger partial charge in [-0.1, -0.05) is 18.2 Å². The first-order chi connectivity index (χ1) is 15.8. The molecule has 1 fully saturated rings. The van der Waals surface area contributed by atoms with Crippen LogP contribution in [0.5, 0.6) is 5.75 Å². The highest BCUT2D eigenvalue weighted by atomic mass is 35.5. The van der Waals surface area contributed by atoms with E-state index < -0.39 is 0 Å². The summed E-state index contributed by atoms with van der Waals surface area (Å²) in [6.45, 7) is 7.88. The molecule has 4 heterocycles. The van der Waals surface area contributed by atoms with E-state index in [9.17, 15) is 0 Å². The fourth-order valence-electron chi connectivity index (χ4n) is 4.92. The summed E-state index contributed by atoms with van der Waals surface area (Å²) in [5.41, 5.74) is 6.93. The van der Waals surface area contributed by atoms with Gasteiger partial charge in [0.25, 0.3) is 0 Å². The Morgan fingerprint density at radius 1 is 0.912 bits per heavy atom. The topological polar surface area (TPSA) is 46.4 Å². The van der Waals surface area contributed by atoms with Crippen LogP contribution in [0.25, 0.3) is 16.6 Å². The van der Waals surface area contributed by atoms with Crippen LogP contribution < -0.4 is 9.64 Å². The number of pyridine rings is 1. The van der Waals surface area contributed by atoms with Crippen molar-refractivity contribution >= 4 is 41.4 Å². The first-order valence-corrected chi connectivity index (χ1v) is 11.4. The molecule has 0 atom stereocenters. The van der Waals surface area contributed by atoms with Gasteiger partial charge in [-0.15, -0.1) is 24.8 Å². The maximum Gasteiger partial charge on any atom is 0.147 e. The molecule has 2 aromatic carbocycles. The summed E-state index contributed by atoms with van der Waals surface area (Å²) in [5.74, 6) is 1.01. The summed E-state index contributed by atoms with van der Waals surface area (Å²) in [4.78, 5) is 14.0. The van der Waals surface area contributed by atoms with E-state index in [2.05, 4.69) is 67.9 Å². The smallest absolute Gasteiger partial charge is 0.147 e. The number of nitrogens with zero attached hydrogens (tertiary/aromatic N) is 5. The molecule has 4 aromatic rings. The van der Waals surface area contributed by atoms with Gasteiger partial charge in [-0.25, -0.2) is 4.98 Å². The number of fused-ring (bicyclic) bond motifs is 4. The molecule has 0 saturated carbocycles. The minimum atomic E-state index is 0. The summed E-state index contributed by atoms with van der Waals surface area (Å²) < 4.78 is 8.25. The second-order valence-electron chi connectivity index (χ2n) is 8.68. The second kappa shape index (κ2) is 10.2. The molecule has 1 saturated heterocycles. The molecule has 0 spiro atoms. The lowest BCUT2D eigenvalue weighted by atomic mass is 10.1. The van der Waals surface area contributed by atoms with Crippen LogP contribution in [0.15, 0.2) is 61.1 Å². The van der Waals surface area contributed by atoms with Crippen molar-refractivity contribution < 1.29 is 4.74 Å². The molecule has 6 rings (SSSR count). The van der Waals surface area contributed by atoms with Crippen molar-refractivity contribution in [3.8, 4) is 11.4 Å². The van der Waals surface area contributed by atoms with Gasteiger partial charge < -0.3 is 9.64 Å². The average Bonchev–Trinajstić information content (AvgIpc) is 3.32. The van der Waals surface area contributed by atoms with E-state index in [-0.39, 0.29) is 24.8 Å². The van der Waals surface area contributed by atoms with Crippen molar-refractivity contribution in [2.75, 3.05) is 37.6 Å². The van der Waals surface area contributed by atoms with Crippen molar-refractivity contribution in [2.24, 2.45) is 0 Å². The van der Waals surface area contributed by atoms with Gasteiger partial charge in [0.1, 0.15) is 12.4 Å². The quantitative estimate of drug-likeness (QED) is 0.404. The highest BCUT2D eigenvalue weighted by Gasteiger charge is 2.22. The third-order valence-corrected chi connectivity index (χ3v) is 6.67. The van der Waals surface area contributed by atoms with E-state index in [1.54, 1.807) is 0 Å². The normalized spacial score (nSPS) is 15.0. The number of halogens is 2. The fourth-order valence-corrected chi connectivity index (χ4v) is 4.92. The van der Waals surface area contributed by atoms with Gasteiger partial charge in [0, 0.05) is 49.5 Å². The fraction of sp³-hybridized carbons (Fsp3) is 0.308. The summed E-state index contributed by atoms with van der Waals surface area (Å²) in [6, 6.07) is 17.2. The lowest BCUT2D eigenvalue weighted by molar-refractivity contribution is 0.255. The number of ether oxygens (including phenoxy) is 1. The Morgan fingerprint density at radius 3 is 2.56 bits per heavy atom. The largest absolute Gasteiger partial charge is 0.485 e. The Balaban J connectivity index is 0.00000137. The van der Waals surface area contributed by atoms with Crippen LogP contribution in [0.3, 0.4) is 0 Å². The lowest BCUT2D eigenvalue weighted by Crippen LogP contribution is -2.47. The molecule has 0 radical (unpaired) electrons. The Hall–Kier alpha value is -2.80. The molecule has 2 aliphatic rings. The number of benzene rings is 2. The van der Waals surface area contributed by atoms with Crippen LogP contribution >= 0.6 is 24.8 Å². The zero-order valence-electron chi connectivity index (χ0n) is 19.2. The number of imidazole rings is 1. The average molecular weight is 498 g/mol. The van der Waals surface area contributed by atoms with Crippen LogP contribution in [0.2, 0.25) is 0 Å². The van der Waals surface area contributed by atoms with Gasteiger partial charge in [0.15, 0.2) is 0 Å². The molecule has 0 amide bonds. The molecular weight excluding hydrogens is 469 g/mol. The summed E-state index contributed by atoms with van der Waals surface area (Å²) in [6.07, 6.45) is 4.75. The Morgan fingerprint density at radius 2 is 1.71 bits per heavy atom. The molecule has 34 heavy (non-hydrogen) atoms. The van der Waals surface area contributed by atoms with Gasteiger partial charge in [-0.3, -0.25) is 14.5 Å². The molecule has 8 heteroatoms. The molecular formula is C26H29Cl2N5O. The van der Waals surface area contributed by atoms with Crippen LogP contribution in [0.4, 0.5) is 5.69 Å². The molecule has 2 aliphatic heterocycles. The Kier molecular flexibility index (Phi) is 7.31. The number of hydrogen-bond donors (Lipinski definition) is 0. The van der Waals surface area contributed by atoms with Crippen LogP contribution in [-0.4, -0.2) is 52.2 Å². The highest BCUT2D eigenvalue weighted by Crippen LogP contribution is 2.33. The standard InChI is InChI=1S/C26H27N5O.2ClH/c1-19-8-9-22-23(28-19)5-3-6-24(22)30-14-12-29(13-15-30)11-10-20-4-2-7-25-26(20)32-17-21-16-27-18-31(21)25;;/h2-9,16,18H,10-15,17H2,1H3;2*1H. The number of rotatable bonds is 4. The number of aryl methyl sites for hydroxylation is 1. The molecule has 2 aromatic heterocycles. The minimum Gasteiger partial charge on any atom is -0.485 e. The first-order valence-electron chi connectivity index (χ1n) is 11.4. The second-order valence-corrected chi connectivity index (χ2v) is 8.68. The predicted octanol–water partition coefficient (Wildman–Crippen LogP) is 4.83. The predicted molar refractivity (Wildman–Crippen MR) is 141 cm³/mol. The van der Waals surface area contributed by atoms with Crippen molar-refractivity contribution in [3.63, 3.8) is 0 Å². The monoisotopic (exact) mass is 497 g/mol. The summed E-state index contributed by atoms with van der Waals surface area (Å²) in [7, 11) is 0. The molecule has 0 unspecified atom stereocenters. The molecule has 178 valence electrons. The van der Waals surface area contributed by atoms with E-state index in [4.69, 9.17) is 9.72 Å². The number of para-hydroxylation sites is 1. The SMILES string of the molecule is Cc1ccc2c(N3CCN(CCc4cccc5c4OCc4cncn4-5)CC3)cccc2n1.Cl.Cl. The molecule has 0 N–H and O–H groups in total. The van der Waals surface area contributed by atoms with Gasteiger partial charge in [-0.05, 0) is 49.2 Å². The molecule has 0 bridgehead atoms. The first kappa shape index (κ1) is 24.3. The van der Waals surface area contributed by atoms with Crippen molar-refractivity contribution in [3.05, 3.63) is 78.0 Å². The van der Waals surface area contributed by atoms with Gasteiger partial charge in [0.05, 0.1) is 29.4 Å². The van der Waals surface area contributed by atoms with E-state index in [0.717, 1.165) is 67.5 Å². The maximum atomic E-state index is 6.11. The lowest BCUT2D eigenvalue weighted by Gasteiger charge is -2.36. The third kappa shape index (κ3) is 4.45. The molecule has 0 aliphatic carbocycles. The minimum absolute atomic E-state index is 0. The van der Waals surface area contributed by atoms with Gasteiger partial charge in [0.2, 0.25) is 0 Å². The maximum absolute atomic E-state index is 6.11. The van der Waals surface area contributed by atoms with E-state index in [0.29, 0.717) is 6.61 Å². The third-order valence-electron chi connectivity index (χ3n) is 6.67.